The predicted octanol–water partition coefficient (Wildman–Crippen LogP) is -0.642. The Kier molecular flexibility index (Phi) is 4.00. The summed E-state index contributed by atoms with van der Waals surface area (Å²) in [7, 11) is 0. The van der Waals surface area contributed by atoms with E-state index in [0.717, 1.165) is 0 Å². The molecule has 0 aromatic carbocycles. The van der Waals surface area contributed by atoms with Gasteiger partial charge in [-0.3, -0.25) is 9.59 Å². The van der Waals surface area contributed by atoms with E-state index in [1.807, 2.05) is 0 Å². The first-order valence-corrected chi connectivity index (χ1v) is 5.76. The van der Waals surface area contributed by atoms with Gasteiger partial charge in [0, 0.05) is 0 Å². The molecule has 0 aliphatic heterocycles. The summed E-state index contributed by atoms with van der Waals surface area (Å²) >= 11 is 0. The SMILES string of the molecule is CC(C)/C=c1/c(=O)n(O)/c(=C\C(C)C)c(=O)n1O. The lowest BCUT2D eigenvalue weighted by atomic mass is 10.2. The van der Waals surface area contributed by atoms with Crippen LogP contribution in [0.25, 0.3) is 12.2 Å². The molecule has 100 valence electrons. The molecule has 0 fully saturated rings. The summed E-state index contributed by atoms with van der Waals surface area (Å²) in [6, 6.07) is 0. The van der Waals surface area contributed by atoms with Gasteiger partial charge in [-0.15, -0.1) is 9.46 Å². The van der Waals surface area contributed by atoms with Crippen LogP contribution in [-0.2, 0) is 0 Å². The average molecular weight is 254 g/mol. The molecule has 0 unspecified atom stereocenters. The van der Waals surface area contributed by atoms with E-state index < -0.39 is 11.1 Å². The van der Waals surface area contributed by atoms with Gasteiger partial charge < -0.3 is 10.4 Å². The minimum Gasteiger partial charge on any atom is -0.425 e. The van der Waals surface area contributed by atoms with E-state index in [4.69, 9.17) is 0 Å². The van der Waals surface area contributed by atoms with E-state index >= 15 is 0 Å². The highest BCUT2D eigenvalue weighted by molar-refractivity contribution is 5.23. The molecule has 0 amide bonds. The fourth-order valence-corrected chi connectivity index (χ4v) is 1.53. The van der Waals surface area contributed by atoms with Crippen molar-refractivity contribution >= 4 is 12.2 Å². The summed E-state index contributed by atoms with van der Waals surface area (Å²) < 4.78 is 0.562. The van der Waals surface area contributed by atoms with Crippen molar-refractivity contribution < 1.29 is 10.4 Å². The summed E-state index contributed by atoms with van der Waals surface area (Å²) in [4.78, 5) is 23.6. The second kappa shape index (κ2) is 5.12. The first kappa shape index (κ1) is 14.1. The summed E-state index contributed by atoms with van der Waals surface area (Å²) in [5.41, 5.74) is -1.64. The van der Waals surface area contributed by atoms with Gasteiger partial charge in [0.1, 0.15) is 10.7 Å². The van der Waals surface area contributed by atoms with Crippen LogP contribution in [0.4, 0.5) is 0 Å². The van der Waals surface area contributed by atoms with Gasteiger partial charge in [-0.25, -0.2) is 0 Å². The Morgan fingerprint density at radius 1 is 0.833 bits per heavy atom. The van der Waals surface area contributed by atoms with Crippen molar-refractivity contribution in [1.82, 2.24) is 9.46 Å². The largest absolute Gasteiger partial charge is 0.425 e. The predicted molar refractivity (Wildman–Crippen MR) is 67.2 cm³/mol. The molecule has 18 heavy (non-hydrogen) atoms. The van der Waals surface area contributed by atoms with E-state index in [-0.39, 0.29) is 32.0 Å². The van der Waals surface area contributed by atoms with Gasteiger partial charge in [-0.1, -0.05) is 27.7 Å². The maximum absolute atomic E-state index is 11.8. The molecule has 1 heterocycles. The first-order valence-electron chi connectivity index (χ1n) is 5.76. The summed E-state index contributed by atoms with van der Waals surface area (Å²) in [5, 5.41) is 18.9. The quantitative estimate of drug-likeness (QED) is 0.687. The van der Waals surface area contributed by atoms with Crippen molar-refractivity contribution in [3.05, 3.63) is 31.4 Å². The molecule has 0 saturated heterocycles. The van der Waals surface area contributed by atoms with Crippen molar-refractivity contribution in [1.29, 1.82) is 0 Å². The molecule has 0 bridgehead atoms. The van der Waals surface area contributed by atoms with E-state index in [2.05, 4.69) is 0 Å². The zero-order chi connectivity index (χ0) is 14.0. The van der Waals surface area contributed by atoms with Crippen molar-refractivity contribution in [2.45, 2.75) is 27.7 Å². The third-order valence-electron chi connectivity index (χ3n) is 2.26. The lowest BCUT2D eigenvalue weighted by Crippen LogP contribution is -2.57. The van der Waals surface area contributed by atoms with Gasteiger partial charge in [-0.05, 0) is 24.0 Å². The lowest BCUT2D eigenvalue weighted by molar-refractivity contribution is 0.123. The molecule has 1 aromatic rings. The van der Waals surface area contributed by atoms with Crippen LogP contribution in [-0.4, -0.2) is 19.9 Å². The molecular formula is C12H18N2O4. The molecule has 0 saturated carbocycles. The van der Waals surface area contributed by atoms with Gasteiger partial charge in [0.05, 0.1) is 0 Å². The van der Waals surface area contributed by atoms with Crippen molar-refractivity contribution in [3.8, 4) is 0 Å². The molecule has 1 aromatic heterocycles. The van der Waals surface area contributed by atoms with Gasteiger partial charge in [0.2, 0.25) is 0 Å². The highest BCUT2D eigenvalue weighted by Gasteiger charge is 2.09. The normalized spacial score (nSPS) is 13.9. The van der Waals surface area contributed by atoms with Gasteiger partial charge in [-0.2, -0.15) is 0 Å². The van der Waals surface area contributed by atoms with E-state index in [1.165, 1.54) is 12.2 Å². The topological polar surface area (TPSA) is 84.5 Å². The van der Waals surface area contributed by atoms with Crippen LogP contribution in [0.1, 0.15) is 27.7 Å². The maximum atomic E-state index is 11.8. The number of hydrogen-bond acceptors (Lipinski definition) is 4. The van der Waals surface area contributed by atoms with Crippen LogP contribution in [0.15, 0.2) is 9.59 Å². The van der Waals surface area contributed by atoms with E-state index in [9.17, 15) is 20.0 Å². The lowest BCUT2D eigenvalue weighted by Gasteiger charge is -2.04. The van der Waals surface area contributed by atoms with E-state index in [1.54, 1.807) is 27.7 Å². The van der Waals surface area contributed by atoms with Crippen LogP contribution in [0.5, 0.6) is 0 Å². The van der Waals surface area contributed by atoms with Gasteiger partial charge in [0.25, 0.3) is 0 Å². The molecule has 2 N–H and O–H groups in total. The van der Waals surface area contributed by atoms with Crippen molar-refractivity contribution in [2.24, 2.45) is 11.8 Å². The van der Waals surface area contributed by atoms with Crippen LogP contribution in [0, 0.1) is 11.8 Å². The van der Waals surface area contributed by atoms with Gasteiger partial charge >= 0.3 is 11.1 Å². The highest BCUT2D eigenvalue weighted by Crippen LogP contribution is 1.90. The number of rotatable bonds is 2. The zero-order valence-corrected chi connectivity index (χ0v) is 10.9. The fourth-order valence-electron chi connectivity index (χ4n) is 1.53. The Morgan fingerprint density at radius 2 is 1.11 bits per heavy atom. The molecule has 0 radical (unpaired) electrons. The molecule has 0 atom stereocenters. The molecule has 1 rings (SSSR count). The van der Waals surface area contributed by atoms with Crippen LogP contribution >= 0.6 is 0 Å². The molecule has 0 aliphatic carbocycles. The van der Waals surface area contributed by atoms with Crippen molar-refractivity contribution in [2.75, 3.05) is 0 Å². The van der Waals surface area contributed by atoms with E-state index in [0.29, 0.717) is 0 Å². The molecule has 6 heteroatoms. The molecule has 6 nitrogen and oxygen atoms in total. The Balaban J connectivity index is 3.91. The Bertz CT molecular complexity index is 605. The Labute approximate surface area is 104 Å². The average Bonchev–Trinajstić information content (AvgIpc) is 2.27. The minimum atomic E-state index is -0.822. The Hall–Kier alpha value is -1.98. The number of nitrogens with zero attached hydrogens (tertiary/aromatic N) is 2. The molecule has 0 spiro atoms. The number of aromatic nitrogens is 2. The van der Waals surface area contributed by atoms with Crippen LogP contribution in [0.3, 0.4) is 0 Å². The smallest absolute Gasteiger partial charge is 0.310 e. The number of hydrogen-bond donors (Lipinski definition) is 2. The summed E-state index contributed by atoms with van der Waals surface area (Å²) in [6.07, 6.45) is 2.82. The monoisotopic (exact) mass is 254 g/mol. The molecule has 0 aliphatic rings. The fraction of sp³-hybridized carbons (Fsp3) is 0.500. The minimum absolute atomic E-state index is 0.0459. The van der Waals surface area contributed by atoms with Gasteiger partial charge in [0.15, 0.2) is 0 Å². The van der Waals surface area contributed by atoms with Crippen LogP contribution in [0.2, 0.25) is 0 Å². The zero-order valence-electron chi connectivity index (χ0n) is 10.9. The summed E-state index contributed by atoms with van der Waals surface area (Å²) in [5.74, 6) is -0.0918. The summed E-state index contributed by atoms with van der Waals surface area (Å²) in [6.45, 7) is 7.17. The second-order valence-electron chi connectivity index (χ2n) is 4.83. The Morgan fingerprint density at radius 3 is 1.33 bits per heavy atom. The molecular weight excluding hydrogens is 236 g/mol. The van der Waals surface area contributed by atoms with Crippen LogP contribution < -0.4 is 21.8 Å². The second-order valence-corrected chi connectivity index (χ2v) is 4.83. The third kappa shape index (κ3) is 2.64. The highest BCUT2D eigenvalue weighted by atomic mass is 16.5. The first-order chi connectivity index (χ1) is 8.25. The standard InChI is InChI=1S/C12H18N2O4/c1-7(2)5-9-11(15)14(18)10(6-8(3)4)12(16)13(9)17/h5-8,17-18H,1-4H3/b9-5-,10-6-. The maximum Gasteiger partial charge on any atom is 0.310 e. The third-order valence-corrected chi connectivity index (χ3v) is 2.26. The van der Waals surface area contributed by atoms with Crippen molar-refractivity contribution in [3.63, 3.8) is 0 Å².